The maximum atomic E-state index is 14.4. The van der Waals surface area contributed by atoms with Crippen molar-refractivity contribution in [3.63, 3.8) is 0 Å². The fraction of sp³-hybridized carbons (Fsp3) is 0.442. The van der Waals surface area contributed by atoms with Crippen molar-refractivity contribution in [2.24, 2.45) is 16.9 Å². The summed E-state index contributed by atoms with van der Waals surface area (Å²) >= 11 is 0. The number of piperidine rings is 3. The zero-order valence-corrected chi connectivity index (χ0v) is 33.5. The van der Waals surface area contributed by atoms with E-state index in [2.05, 4.69) is 52.8 Å². The van der Waals surface area contributed by atoms with Gasteiger partial charge in [-0.2, -0.15) is 10.2 Å². The first-order valence-corrected chi connectivity index (χ1v) is 20.2. The van der Waals surface area contributed by atoms with Crippen LogP contribution >= 0.6 is 0 Å². The Morgan fingerprint density at radius 1 is 1.03 bits per heavy atom. The zero-order valence-electron chi connectivity index (χ0n) is 33.5. The van der Waals surface area contributed by atoms with E-state index in [9.17, 15) is 14.0 Å². The lowest BCUT2D eigenvalue weighted by atomic mass is 9.92. The molecular weight excluding hydrogens is 738 g/mol. The Bertz CT molecular complexity index is 2120. The highest BCUT2D eigenvalue weighted by Gasteiger charge is 2.28. The van der Waals surface area contributed by atoms with Crippen LogP contribution in [0.15, 0.2) is 66.0 Å². The van der Waals surface area contributed by atoms with Gasteiger partial charge in [-0.15, -0.1) is 0 Å². The molecule has 0 spiro atoms. The number of nitrogens with zero attached hydrogens (tertiary/aromatic N) is 6. The lowest BCUT2D eigenvalue weighted by molar-refractivity contribution is -0.133. The van der Waals surface area contributed by atoms with E-state index in [0.29, 0.717) is 41.6 Å². The number of imide groups is 1. The number of ether oxygens (including phenoxy) is 1. The number of rotatable bonds is 14. The molecule has 0 saturated carbocycles. The third kappa shape index (κ3) is 9.64. The van der Waals surface area contributed by atoms with E-state index in [-0.39, 0.29) is 29.4 Å². The third-order valence-electron chi connectivity index (χ3n) is 11.6. The van der Waals surface area contributed by atoms with Gasteiger partial charge < -0.3 is 31.0 Å². The minimum atomic E-state index is -0.632. The molecule has 3 aliphatic heterocycles. The van der Waals surface area contributed by atoms with E-state index in [0.717, 1.165) is 87.5 Å². The summed E-state index contributed by atoms with van der Waals surface area (Å²) in [7, 11) is 1.64. The first-order valence-electron chi connectivity index (χ1n) is 20.2. The van der Waals surface area contributed by atoms with Gasteiger partial charge in [0.25, 0.3) is 0 Å². The van der Waals surface area contributed by atoms with E-state index in [4.69, 9.17) is 21.0 Å². The number of carbonyl (C=O) groups excluding carboxylic acids is 2. The van der Waals surface area contributed by atoms with Crippen LogP contribution in [-0.2, 0) is 16.1 Å². The highest BCUT2D eigenvalue weighted by Crippen LogP contribution is 2.34. The van der Waals surface area contributed by atoms with Gasteiger partial charge in [0.1, 0.15) is 18.0 Å². The van der Waals surface area contributed by atoms with Gasteiger partial charge in [0.05, 0.1) is 23.8 Å². The van der Waals surface area contributed by atoms with Gasteiger partial charge >= 0.3 is 0 Å². The second-order valence-electron chi connectivity index (χ2n) is 15.7. The first-order chi connectivity index (χ1) is 28.0. The minimum absolute atomic E-state index is 0.120. The molecule has 6 N–H and O–H groups in total. The summed E-state index contributed by atoms with van der Waals surface area (Å²) in [4.78, 5) is 33.2. The summed E-state index contributed by atoms with van der Waals surface area (Å²) in [5.74, 6) is 0.865. The smallest absolute Gasteiger partial charge is 0.249 e. The molecule has 0 radical (unpaired) electrons. The Balaban J connectivity index is 0.902. The average molecular weight is 792 g/mol. The first kappa shape index (κ1) is 40.4. The Morgan fingerprint density at radius 3 is 2.48 bits per heavy atom. The number of halogens is 1. The van der Waals surface area contributed by atoms with Crippen LogP contribution < -0.4 is 31.4 Å². The molecule has 3 aliphatic rings. The van der Waals surface area contributed by atoms with Gasteiger partial charge in [-0.1, -0.05) is 0 Å². The van der Waals surface area contributed by atoms with Crippen LogP contribution in [0.5, 0.6) is 5.75 Å². The molecule has 14 nitrogen and oxygen atoms in total. The van der Waals surface area contributed by atoms with Crippen LogP contribution in [0.2, 0.25) is 0 Å². The van der Waals surface area contributed by atoms with Crippen LogP contribution in [0.3, 0.4) is 0 Å². The van der Waals surface area contributed by atoms with Crippen molar-refractivity contribution in [2.75, 3.05) is 55.7 Å². The molecule has 5 heterocycles. The molecule has 0 bridgehead atoms. The fourth-order valence-corrected chi connectivity index (χ4v) is 8.38. The molecule has 3 saturated heterocycles. The SMILES string of the molecule is CN/N=C\C(=N)c1ccc(F)cc1C(C)Oc1cc(-c2c(C)cnn2CC2CCN(CC3CCN(c4ccc(NC5CCC(=O)NC5=O)cc4)CC3)CC2)cnc1N. The monoisotopic (exact) mass is 791 g/mol. The number of nitrogens with one attached hydrogen (secondary N) is 4. The molecule has 2 amide bonds. The van der Waals surface area contributed by atoms with Gasteiger partial charge in [0, 0.05) is 73.9 Å². The summed E-state index contributed by atoms with van der Waals surface area (Å²) in [6, 6.07) is 14.0. The summed E-state index contributed by atoms with van der Waals surface area (Å²) in [6.07, 6.45) is 9.76. The predicted octanol–water partition coefficient (Wildman–Crippen LogP) is 5.53. The maximum absolute atomic E-state index is 14.4. The quantitative estimate of drug-likeness (QED) is 0.0620. The molecule has 0 aliphatic carbocycles. The average Bonchev–Trinajstić information content (AvgIpc) is 3.59. The van der Waals surface area contributed by atoms with Crippen molar-refractivity contribution in [3.8, 4) is 17.0 Å². The molecule has 4 aromatic rings. The Hall–Kier alpha value is -5.83. The molecule has 2 aromatic heterocycles. The van der Waals surface area contributed by atoms with Crippen LogP contribution in [0.25, 0.3) is 11.3 Å². The number of hydrogen-bond acceptors (Lipinski definition) is 12. The standard InChI is InChI=1S/C43H54FN11O3/c1-27-22-50-55(41(27)31-20-39(42(46)48-23-31)58-28(2)36-21-32(44)4-9-35(36)37(45)24-49-47-3)26-30-12-16-53(17-13-30)25-29-14-18-54(19-15-29)34-7-5-33(6-8-34)51-38-10-11-40(56)52-43(38)57/h4-9,20-24,28-30,38,45,47,51H,10-19,25-26H2,1-3H3,(H2,46,48)(H,52,56,57)/b45-37?,49-24-. The summed E-state index contributed by atoms with van der Waals surface area (Å²) in [5.41, 5.74) is 15.0. The molecule has 58 heavy (non-hydrogen) atoms. The molecule has 2 aromatic carbocycles. The lowest BCUT2D eigenvalue weighted by Crippen LogP contribution is -2.47. The number of hydrogen-bond donors (Lipinski definition) is 5. The summed E-state index contributed by atoms with van der Waals surface area (Å²) in [5, 5.41) is 22.8. The molecule has 2 unspecified atom stereocenters. The van der Waals surface area contributed by atoms with E-state index in [1.807, 2.05) is 31.3 Å². The Kier molecular flexibility index (Phi) is 12.7. The number of nitrogens with two attached hydrogens (primary N) is 1. The number of nitrogen functional groups attached to an aromatic ring is 1. The molecule has 2 atom stereocenters. The summed E-state index contributed by atoms with van der Waals surface area (Å²) < 4.78 is 22.8. The normalized spacial score (nSPS) is 19.0. The number of hydrazone groups is 1. The number of pyridine rings is 1. The highest BCUT2D eigenvalue weighted by molar-refractivity contribution is 6.37. The van der Waals surface area contributed by atoms with E-state index >= 15 is 0 Å². The van der Waals surface area contributed by atoms with E-state index < -0.39 is 11.9 Å². The molecule has 3 fully saturated rings. The van der Waals surface area contributed by atoms with Crippen molar-refractivity contribution >= 4 is 40.9 Å². The second-order valence-corrected chi connectivity index (χ2v) is 15.7. The third-order valence-corrected chi connectivity index (χ3v) is 11.6. The van der Waals surface area contributed by atoms with Crippen molar-refractivity contribution in [1.82, 2.24) is 30.4 Å². The maximum Gasteiger partial charge on any atom is 0.249 e. The Morgan fingerprint density at radius 2 is 1.76 bits per heavy atom. The van der Waals surface area contributed by atoms with E-state index in [1.54, 1.807) is 26.2 Å². The largest absolute Gasteiger partial charge is 0.482 e. The van der Waals surface area contributed by atoms with Gasteiger partial charge in [0.2, 0.25) is 11.8 Å². The van der Waals surface area contributed by atoms with Gasteiger partial charge in [-0.25, -0.2) is 9.37 Å². The number of likely N-dealkylation sites (tertiary alicyclic amines) is 1. The number of aromatic nitrogens is 3. The number of carbonyl (C=O) groups is 2. The van der Waals surface area contributed by atoms with Crippen LogP contribution in [0, 0.1) is 30.0 Å². The van der Waals surface area contributed by atoms with Crippen molar-refractivity contribution < 1.29 is 18.7 Å². The molecule has 306 valence electrons. The van der Waals surface area contributed by atoms with E-state index in [1.165, 1.54) is 24.0 Å². The van der Waals surface area contributed by atoms with Crippen molar-refractivity contribution in [2.45, 2.75) is 71.1 Å². The van der Waals surface area contributed by atoms with Crippen LogP contribution in [0.1, 0.15) is 68.2 Å². The van der Waals surface area contributed by atoms with Crippen LogP contribution in [0.4, 0.5) is 21.6 Å². The topological polar surface area (TPSA) is 179 Å². The van der Waals surface area contributed by atoms with Crippen LogP contribution in [-0.4, -0.2) is 89.2 Å². The fourth-order valence-electron chi connectivity index (χ4n) is 8.38. The molecular formula is C43H54FN11O3. The number of anilines is 3. The number of benzene rings is 2. The zero-order chi connectivity index (χ0) is 40.8. The molecule has 15 heteroatoms. The molecule has 7 rings (SSSR count). The minimum Gasteiger partial charge on any atom is -0.482 e. The van der Waals surface area contributed by atoms with Gasteiger partial charge in [-0.05, 0) is 125 Å². The summed E-state index contributed by atoms with van der Waals surface area (Å²) in [6.45, 7) is 9.96. The van der Waals surface area contributed by atoms with Crippen molar-refractivity contribution in [1.29, 1.82) is 5.41 Å². The lowest BCUT2D eigenvalue weighted by Gasteiger charge is -2.38. The van der Waals surface area contributed by atoms with Crippen molar-refractivity contribution in [3.05, 3.63) is 83.4 Å². The predicted molar refractivity (Wildman–Crippen MR) is 225 cm³/mol. The Labute approximate surface area is 338 Å². The van der Waals surface area contributed by atoms with Gasteiger partial charge in [0.15, 0.2) is 11.6 Å². The second kappa shape index (κ2) is 18.2. The van der Waals surface area contributed by atoms with Gasteiger partial charge in [-0.3, -0.25) is 25.0 Å². The highest BCUT2D eigenvalue weighted by atomic mass is 19.1. The number of amides is 2. The number of aryl methyl sites for hydroxylation is 1.